The lowest BCUT2D eigenvalue weighted by molar-refractivity contribution is 0.445. The van der Waals surface area contributed by atoms with Crippen LogP contribution in [-0.2, 0) is 0 Å². The number of hydrogen-bond donors (Lipinski definition) is 2. The smallest absolute Gasteiger partial charge is 0.0494 e. The van der Waals surface area contributed by atoms with Gasteiger partial charge in [0.1, 0.15) is 0 Å². The van der Waals surface area contributed by atoms with E-state index in [2.05, 4.69) is 44.0 Å². The lowest BCUT2D eigenvalue weighted by atomic mass is 9.90. The SMILES string of the molecule is Cc1[nH]c2c(C(C)C)cccc2c1C(N)C1CCCC1. The van der Waals surface area contributed by atoms with E-state index in [4.69, 9.17) is 5.73 Å². The number of rotatable bonds is 3. The van der Waals surface area contributed by atoms with E-state index in [0.717, 1.165) is 0 Å². The van der Waals surface area contributed by atoms with E-state index in [9.17, 15) is 0 Å². The fourth-order valence-corrected chi connectivity index (χ4v) is 3.85. The average Bonchev–Trinajstić information content (AvgIpc) is 3.03. The van der Waals surface area contributed by atoms with Crippen LogP contribution in [0.4, 0.5) is 0 Å². The number of aromatic nitrogens is 1. The number of nitrogens with one attached hydrogen (secondary N) is 1. The van der Waals surface area contributed by atoms with Gasteiger partial charge in [0, 0.05) is 22.6 Å². The molecule has 1 atom stereocenters. The summed E-state index contributed by atoms with van der Waals surface area (Å²) in [5.74, 6) is 1.20. The van der Waals surface area contributed by atoms with Crippen LogP contribution >= 0.6 is 0 Å². The van der Waals surface area contributed by atoms with Crippen molar-refractivity contribution in [1.29, 1.82) is 0 Å². The molecule has 1 fully saturated rings. The minimum atomic E-state index is 0.189. The van der Waals surface area contributed by atoms with Crippen LogP contribution in [0.5, 0.6) is 0 Å². The Balaban J connectivity index is 2.11. The molecule has 1 aliphatic rings. The van der Waals surface area contributed by atoms with Gasteiger partial charge in [0.2, 0.25) is 0 Å². The number of fused-ring (bicyclic) bond motifs is 1. The molecule has 0 saturated heterocycles. The van der Waals surface area contributed by atoms with Gasteiger partial charge in [0.05, 0.1) is 0 Å². The molecule has 1 aromatic heterocycles. The summed E-state index contributed by atoms with van der Waals surface area (Å²) in [7, 11) is 0. The molecule has 0 aliphatic heterocycles. The molecule has 2 aromatic rings. The van der Waals surface area contributed by atoms with Gasteiger partial charge in [0.15, 0.2) is 0 Å². The third kappa shape index (κ3) is 2.16. The minimum absolute atomic E-state index is 0.189. The second-order valence-electron chi connectivity index (χ2n) is 6.66. The van der Waals surface area contributed by atoms with Crippen molar-refractivity contribution in [3.05, 3.63) is 35.0 Å². The zero-order chi connectivity index (χ0) is 14.3. The zero-order valence-electron chi connectivity index (χ0n) is 12.9. The molecular formula is C18H26N2. The topological polar surface area (TPSA) is 41.8 Å². The predicted octanol–water partition coefficient (Wildman–Crippen LogP) is 4.79. The first-order chi connectivity index (χ1) is 9.59. The fourth-order valence-electron chi connectivity index (χ4n) is 3.85. The number of nitrogens with two attached hydrogens (primary N) is 1. The third-order valence-electron chi connectivity index (χ3n) is 4.97. The second kappa shape index (κ2) is 5.25. The van der Waals surface area contributed by atoms with E-state index in [1.807, 2.05) is 0 Å². The molecule has 3 N–H and O–H groups in total. The fraction of sp³-hybridized carbons (Fsp3) is 0.556. The number of benzene rings is 1. The molecule has 0 radical (unpaired) electrons. The van der Waals surface area contributed by atoms with Gasteiger partial charge in [0.25, 0.3) is 0 Å². The number of hydrogen-bond acceptors (Lipinski definition) is 1. The Bertz CT molecular complexity index is 603. The molecule has 1 aliphatic carbocycles. The summed E-state index contributed by atoms with van der Waals surface area (Å²) >= 11 is 0. The van der Waals surface area contributed by atoms with Crippen molar-refractivity contribution in [3.8, 4) is 0 Å². The lowest BCUT2D eigenvalue weighted by Gasteiger charge is -2.19. The van der Waals surface area contributed by atoms with Gasteiger partial charge in [-0.1, -0.05) is 44.9 Å². The second-order valence-corrected chi connectivity index (χ2v) is 6.66. The average molecular weight is 270 g/mol. The Hall–Kier alpha value is -1.28. The van der Waals surface area contributed by atoms with Crippen LogP contribution in [0.1, 0.15) is 68.3 Å². The molecule has 1 saturated carbocycles. The summed E-state index contributed by atoms with van der Waals surface area (Å²) in [5.41, 5.74) is 11.9. The van der Waals surface area contributed by atoms with Crippen LogP contribution in [0.3, 0.4) is 0 Å². The highest BCUT2D eigenvalue weighted by atomic mass is 14.8. The lowest BCUT2D eigenvalue weighted by Crippen LogP contribution is -2.19. The van der Waals surface area contributed by atoms with Crippen molar-refractivity contribution in [2.75, 3.05) is 0 Å². The number of aryl methyl sites for hydroxylation is 1. The van der Waals surface area contributed by atoms with E-state index in [0.29, 0.717) is 11.8 Å². The van der Waals surface area contributed by atoms with E-state index >= 15 is 0 Å². The monoisotopic (exact) mass is 270 g/mol. The first kappa shape index (κ1) is 13.7. The van der Waals surface area contributed by atoms with Crippen LogP contribution in [0.25, 0.3) is 10.9 Å². The first-order valence-corrected chi connectivity index (χ1v) is 7.96. The van der Waals surface area contributed by atoms with Gasteiger partial charge in [-0.25, -0.2) is 0 Å². The van der Waals surface area contributed by atoms with Crippen molar-refractivity contribution in [3.63, 3.8) is 0 Å². The van der Waals surface area contributed by atoms with E-state index in [1.54, 1.807) is 0 Å². The molecule has 0 spiro atoms. The Morgan fingerprint density at radius 1 is 1.20 bits per heavy atom. The maximum atomic E-state index is 6.62. The predicted molar refractivity (Wildman–Crippen MR) is 86.0 cm³/mol. The molecule has 1 unspecified atom stereocenters. The van der Waals surface area contributed by atoms with Crippen LogP contribution in [-0.4, -0.2) is 4.98 Å². The highest BCUT2D eigenvalue weighted by Crippen LogP contribution is 2.39. The summed E-state index contributed by atoms with van der Waals surface area (Å²) < 4.78 is 0. The highest BCUT2D eigenvalue weighted by Gasteiger charge is 2.27. The van der Waals surface area contributed by atoms with E-state index in [1.165, 1.54) is 53.4 Å². The van der Waals surface area contributed by atoms with Crippen molar-refractivity contribution >= 4 is 10.9 Å². The number of H-pyrrole nitrogens is 1. The molecule has 108 valence electrons. The summed E-state index contributed by atoms with van der Waals surface area (Å²) in [6, 6.07) is 6.83. The van der Waals surface area contributed by atoms with Crippen molar-refractivity contribution in [2.45, 2.75) is 58.4 Å². The molecule has 20 heavy (non-hydrogen) atoms. The first-order valence-electron chi connectivity index (χ1n) is 7.96. The van der Waals surface area contributed by atoms with E-state index < -0.39 is 0 Å². The number of para-hydroxylation sites is 1. The van der Waals surface area contributed by atoms with Gasteiger partial charge in [-0.05, 0) is 42.7 Å². The normalized spacial score (nSPS) is 18.2. The Labute approximate surface area is 121 Å². The van der Waals surface area contributed by atoms with Crippen LogP contribution in [0, 0.1) is 12.8 Å². The van der Waals surface area contributed by atoms with Gasteiger partial charge in [-0.3, -0.25) is 0 Å². The molecule has 0 bridgehead atoms. The Morgan fingerprint density at radius 2 is 1.90 bits per heavy atom. The Kier molecular flexibility index (Phi) is 3.59. The number of aromatic amines is 1. The van der Waals surface area contributed by atoms with Gasteiger partial charge >= 0.3 is 0 Å². The summed E-state index contributed by atoms with van der Waals surface area (Å²) in [6.45, 7) is 6.68. The van der Waals surface area contributed by atoms with Gasteiger partial charge in [-0.15, -0.1) is 0 Å². The van der Waals surface area contributed by atoms with Crippen LogP contribution < -0.4 is 5.73 Å². The quantitative estimate of drug-likeness (QED) is 0.827. The van der Waals surface area contributed by atoms with E-state index in [-0.39, 0.29) is 6.04 Å². The maximum absolute atomic E-state index is 6.62. The Morgan fingerprint density at radius 3 is 2.55 bits per heavy atom. The standard InChI is InChI=1S/C18H26N2/c1-11(2)14-9-6-10-15-16(12(3)20-18(14)15)17(19)13-7-4-5-8-13/h6,9-11,13,17,20H,4-5,7-8,19H2,1-3H3. The summed E-state index contributed by atoms with van der Waals surface area (Å²) in [6.07, 6.45) is 5.27. The summed E-state index contributed by atoms with van der Waals surface area (Å²) in [5, 5.41) is 1.34. The highest BCUT2D eigenvalue weighted by molar-refractivity contribution is 5.88. The molecule has 1 heterocycles. The molecule has 0 amide bonds. The van der Waals surface area contributed by atoms with Crippen LogP contribution in [0.15, 0.2) is 18.2 Å². The maximum Gasteiger partial charge on any atom is 0.0494 e. The zero-order valence-corrected chi connectivity index (χ0v) is 12.9. The molecule has 2 nitrogen and oxygen atoms in total. The molecular weight excluding hydrogens is 244 g/mol. The van der Waals surface area contributed by atoms with Crippen molar-refractivity contribution < 1.29 is 0 Å². The third-order valence-corrected chi connectivity index (χ3v) is 4.97. The molecule has 1 aromatic carbocycles. The van der Waals surface area contributed by atoms with Crippen LogP contribution in [0.2, 0.25) is 0 Å². The molecule has 2 heteroatoms. The molecule has 3 rings (SSSR count). The van der Waals surface area contributed by atoms with Gasteiger partial charge in [-0.2, -0.15) is 0 Å². The largest absolute Gasteiger partial charge is 0.358 e. The van der Waals surface area contributed by atoms with Crippen molar-refractivity contribution in [1.82, 2.24) is 4.98 Å². The van der Waals surface area contributed by atoms with Gasteiger partial charge < -0.3 is 10.7 Å². The minimum Gasteiger partial charge on any atom is -0.358 e. The van der Waals surface area contributed by atoms with Crippen molar-refractivity contribution in [2.24, 2.45) is 11.7 Å². The summed E-state index contributed by atoms with van der Waals surface area (Å²) in [4.78, 5) is 3.60.